The van der Waals surface area contributed by atoms with Gasteiger partial charge in [0.1, 0.15) is 6.61 Å². The third-order valence-electron chi connectivity index (χ3n) is 10.1. The molecule has 334 valence electrons. The average Bonchev–Trinajstić information content (AvgIpc) is 3.20. The van der Waals surface area contributed by atoms with E-state index in [9.17, 15) is 19.0 Å². The molecular formula is C47H88NO8P. The van der Waals surface area contributed by atoms with Crippen LogP contribution in [0.15, 0.2) is 36.5 Å². The summed E-state index contributed by atoms with van der Waals surface area (Å²) in [7, 11) is -4.40. The van der Waals surface area contributed by atoms with E-state index in [2.05, 4.69) is 26.0 Å². The fourth-order valence-electron chi connectivity index (χ4n) is 6.60. The minimum Gasteiger partial charge on any atom is -0.462 e. The van der Waals surface area contributed by atoms with Crippen LogP contribution in [0.4, 0.5) is 0 Å². The van der Waals surface area contributed by atoms with Gasteiger partial charge in [-0.1, -0.05) is 198 Å². The Bertz CT molecular complexity index is 1030. The number of carbonyl (C=O) groups excluding carboxylic acids is 2. The summed E-state index contributed by atoms with van der Waals surface area (Å²) in [6, 6.07) is 0. The van der Waals surface area contributed by atoms with Crippen LogP contribution >= 0.6 is 7.82 Å². The molecule has 3 N–H and O–H groups in total. The molecule has 0 aliphatic carbocycles. The summed E-state index contributed by atoms with van der Waals surface area (Å²) in [5, 5.41) is 0. The molecule has 1 unspecified atom stereocenters. The summed E-state index contributed by atoms with van der Waals surface area (Å²) in [5.74, 6) is -1.08. The molecule has 0 aromatic carbocycles. The fraction of sp³-hybridized carbons (Fsp3) is 0.830. The van der Waals surface area contributed by atoms with Crippen LogP contribution in [0.3, 0.4) is 0 Å². The molecule has 9 nitrogen and oxygen atoms in total. The molecule has 2 atom stereocenters. The van der Waals surface area contributed by atoms with Crippen molar-refractivity contribution >= 4 is 19.8 Å². The van der Waals surface area contributed by atoms with Crippen molar-refractivity contribution in [2.24, 2.45) is 5.73 Å². The van der Waals surface area contributed by atoms with Gasteiger partial charge in [0.15, 0.2) is 6.10 Å². The standard InChI is InChI=1S/C47H88NO8P/c1-3-5-7-9-11-13-15-17-19-20-21-22-23-24-26-27-29-31-33-35-37-39-46(49)53-43-45(44-55-57(51,52)54-42-41-48)56-47(50)40-38-36-34-32-30-28-25-18-16-14-12-10-8-6-4-2/h17,19,34,36,38,40,45H,3-16,18,20-33,35,37,39,41-44,48H2,1-2H3,(H,51,52)/b19-17+,36-34+,40-38+/t45-/m0/s1. The normalized spacial score (nSPS) is 13.5. The number of hydrogen-bond acceptors (Lipinski definition) is 8. The maximum atomic E-state index is 12.5. The molecule has 10 heteroatoms. The highest BCUT2D eigenvalue weighted by molar-refractivity contribution is 7.47. The van der Waals surface area contributed by atoms with Crippen LogP contribution in [0.25, 0.3) is 0 Å². The molecule has 0 radical (unpaired) electrons. The SMILES string of the molecule is CCCCCCCC/C=C/CCCCCCCCCCCCCC(=O)OC[C@@H](COP(=O)(O)OCCN)OC(=O)/C=C/C=C/CCCCCCCCCCCCC. The van der Waals surface area contributed by atoms with Gasteiger partial charge in [0.05, 0.1) is 13.2 Å². The quantitative estimate of drug-likeness (QED) is 0.0154. The Morgan fingerprint density at radius 1 is 0.561 bits per heavy atom. The second kappa shape index (κ2) is 43.8. The fourth-order valence-corrected chi connectivity index (χ4v) is 7.36. The Kier molecular flexibility index (Phi) is 42.4. The predicted molar refractivity (Wildman–Crippen MR) is 238 cm³/mol. The van der Waals surface area contributed by atoms with E-state index in [4.69, 9.17) is 24.3 Å². The molecule has 0 saturated carbocycles. The molecule has 0 amide bonds. The van der Waals surface area contributed by atoms with Crippen molar-refractivity contribution in [2.45, 2.75) is 225 Å². The van der Waals surface area contributed by atoms with Crippen LogP contribution in [0, 0.1) is 0 Å². The highest BCUT2D eigenvalue weighted by Crippen LogP contribution is 2.43. The van der Waals surface area contributed by atoms with Crippen molar-refractivity contribution in [3.8, 4) is 0 Å². The molecule has 0 aliphatic rings. The molecule has 57 heavy (non-hydrogen) atoms. The van der Waals surface area contributed by atoms with Crippen molar-refractivity contribution in [3.05, 3.63) is 36.5 Å². The number of carbonyl (C=O) groups is 2. The number of rotatable bonds is 44. The van der Waals surface area contributed by atoms with Gasteiger partial charge in [0.2, 0.25) is 0 Å². The molecule has 0 aliphatic heterocycles. The zero-order valence-electron chi connectivity index (χ0n) is 36.8. The molecule has 0 bridgehead atoms. The lowest BCUT2D eigenvalue weighted by molar-refractivity contribution is -0.157. The first-order valence-electron chi connectivity index (χ1n) is 23.5. The number of nitrogens with two attached hydrogens (primary N) is 1. The highest BCUT2D eigenvalue weighted by atomic mass is 31.2. The minimum absolute atomic E-state index is 0.0410. The smallest absolute Gasteiger partial charge is 0.462 e. The van der Waals surface area contributed by atoms with Crippen molar-refractivity contribution in [3.63, 3.8) is 0 Å². The van der Waals surface area contributed by atoms with Gasteiger partial charge in [-0.2, -0.15) is 0 Å². The number of phosphoric ester groups is 1. The van der Waals surface area contributed by atoms with Crippen molar-refractivity contribution < 1.29 is 37.6 Å². The van der Waals surface area contributed by atoms with Crippen molar-refractivity contribution in [1.29, 1.82) is 0 Å². The van der Waals surface area contributed by atoms with E-state index >= 15 is 0 Å². The monoisotopic (exact) mass is 826 g/mol. The van der Waals surface area contributed by atoms with Crippen LogP contribution in [0.5, 0.6) is 0 Å². The zero-order valence-corrected chi connectivity index (χ0v) is 37.7. The van der Waals surface area contributed by atoms with Crippen LogP contribution in [0.1, 0.15) is 219 Å². The Labute approximate surface area is 350 Å². The summed E-state index contributed by atoms with van der Waals surface area (Å²) in [6.45, 7) is 3.62. The maximum absolute atomic E-state index is 12.5. The zero-order chi connectivity index (χ0) is 41.8. The van der Waals surface area contributed by atoms with Gasteiger partial charge in [-0.25, -0.2) is 9.36 Å². The Balaban J connectivity index is 4.14. The summed E-state index contributed by atoms with van der Waals surface area (Å²) in [5.41, 5.74) is 5.34. The second-order valence-corrected chi connectivity index (χ2v) is 17.1. The van der Waals surface area contributed by atoms with Gasteiger partial charge in [-0.05, 0) is 44.9 Å². The number of phosphoric acid groups is 1. The van der Waals surface area contributed by atoms with E-state index in [1.807, 2.05) is 12.2 Å². The minimum atomic E-state index is -4.40. The van der Waals surface area contributed by atoms with E-state index in [1.165, 1.54) is 173 Å². The topological polar surface area (TPSA) is 134 Å². The van der Waals surface area contributed by atoms with E-state index in [1.54, 1.807) is 6.08 Å². The van der Waals surface area contributed by atoms with Crippen LogP contribution < -0.4 is 5.73 Å². The number of unbranched alkanes of at least 4 members (excludes halogenated alkanes) is 28. The van der Waals surface area contributed by atoms with E-state index in [0.29, 0.717) is 0 Å². The molecule has 0 aromatic rings. The van der Waals surface area contributed by atoms with Gasteiger partial charge < -0.3 is 20.1 Å². The van der Waals surface area contributed by atoms with Crippen LogP contribution in [-0.4, -0.2) is 49.3 Å². The number of ether oxygens (including phenoxy) is 2. The highest BCUT2D eigenvalue weighted by Gasteiger charge is 2.25. The lowest BCUT2D eigenvalue weighted by Crippen LogP contribution is -2.29. The largest absolute Gasteiger partial charge is 0.472 e. The second-order valence-electron chi connectivity index (χ2n) is 15.7. The number of hydrogen-bond donors (Lipinski definition) is 2. The summed E-state index contributed by atoms with van der Waals surface area (Å²) in [6.07, 6.45) is 49.6. The predicted octanol–water partition coefficient (Wildman–Crippen LogP) is 13.7. The van der Waals surface area contributed by atoms with E-state index < -0.39 is 32.5 Å². The summed E-state index contributed by atoms with van der Waals surface area (Å²) >= 11 is 0. The Morgan fingerprint density at radius 2 is 0.982 bits per heavy atom. The lowest BCUT2D eigenvalue weighted by atomic mass is 10.0. The summed E-state index contributed by atoms with van der Waals surface area (Å²) in [4.78, 5) is 34.8. The molecule has 0 saturated heterocycles. The maximum Gasteiger partial charge on any atom is 0.472 e. The number of esters is 2. The first kappa shape index (κ1) is 55.2. The Hall–Kier alpha value is -1.77. The molecule has 0 aromatic heterocycles. The number of allylic oxidation sites excluding steroid dienone is 5. The molecule has 0 fully saturated rings. The van der Waals surface area contributed by atoms with Gasteiger partial charge in [0, 0.05) is 19.0 Å². The molecular weight excluding hydrogens is 737 g/mol. The average molecular weight is 826 g/mol. The third-order valence-corrected chi connectivity index (χ3v) is 11.1. The molecule has 0 heterocycles. The Morgan fingerprint density at radius 3 is 1.44 bits per heavy atom. The van der Waals surface area contributed by atoms with E-state index in [0.717, 1.165) is 32.1 Å². The van der Waals surface area contributed by atoms with Crippen molar-refractivity contribution in [2.75, 3.05) is 26.4 Å². The van der Waals surface area contributed by atoms with Gasteiger partial charge >= 0.3 is 19.8 Å². The van der Waals surface area contributed by atoms with E-state index in [-0.39, 0.29) is 26.2 Å². The first-order chi connectivity index (χ1) is 27.8. The van der Waals surface area contributed by atoms with Crippen LogP contribution in [0.2, 0.25) is 0 Å². The summed E-state index contributed by atoms with van der Waals surface area (Å²) < 4.78 is 32.6. The van der Waals surface area contributed by atoms with Crippen molar-refractivity contribution in [1.82, 2.24) is 0 Å². The van der Waals surface area contributed by atoms with Gasteiger partial charge in [0.25, 0.3) is 0 Å². The van der Waals surface area contributed by atoms with Crippen LogP contribution in [-0.2, 0) is 32.7 Å². The lowest BCUT2D eigenvalue weighted by Gasteiger charge is -2.19. The van der Waals surface area contributed by atoms with Gasteiger partial charge in [-0.3, -0.25) is 13.8 Å². The third kappa shape index (κ3) is 43.6. The molecule has 0 spiro atoms. The van der Waals surface area contributed by atoms with Gasteiger partial charge in [-0.15, -0.1) is 0 Å². The first-order valence-corrected chi connectivity index (χ1v) is 25.0. The molecule has 0 rings (SSSR count).